The Hall–Kier alpha value is -4.85. The van der Waals surface area contributed by atoms with Crippen LogP contribution in [0.1, 0.15) is 65.2 Å². The molecule has 0 radical (unpaired) electrons. The molecule has 1 aliphatic heterocycles. The van der Waals surface area contributed by atoms with Crippen LogP contribution in [0.2, 0.25) is 0 Å². The van der Waals surface area contributed by atoms with Gasteiger partial charge >= 0.3 is 17.9 Å². The molecule has 0 aromatic heterocycles. The molecular formula is C28H45N7O13. The molecular weight excluding hydrogens is 642 g/mol. The van der Waals surface area contributed by atoms with Crippen molar-refractivity contribution >= 4 is 53.4 Å². The Bertz CT molecular complexity index is 1230. The summed E-state index contributed by atoms with van der Waals surface area (Å²) < 4.78 is 0. The fourth-order valence-electron chi connectivity index (χ4n) is 4.78. The van der Waals surface area contributed by atoms with Gasteiger partial charge in [0.25, 0.3) is 0 Å². The summed E-state index contributed by atoms with van der Waals surface area (Å²) in [6.45, 7) is 2.52. The van der Waals surface area contributed by atoms with E-state index < -0.39 is 128 Å². The van der Waals surface area contributed by atoms with Gasteiger partial charge in [0, 0.05) is 19.4 Å². The number of hydrogen-bond donors (Lipinski definition) is 10. The number of amides is 6. The Morgan fingerprint density at radius 2 is 1.38 bits per heavy atom. The second kappa shape index (κ2) is 19.7. The normalized spacial score (nSPS) is 17.8. The van der Waals surface area contributed by atoms with Crippen LogP contribution in [0.5, 0.6) is 0 Å². The summed E-state index contributed by atoms with van der Waals surface area (Å²) in [7, 11) is 0. The van der Waals surface area contributed by atoms with Gasteiger partial charge in [0.2, 0.25) is 35.4 Å². The zero-order valence-electron chi connectivity index (χ0n) is 26.7. The highest BCUT2D eigenvalue weighted by Gasteiger charge is 2.41. The predicted molar refractivity (Wildman–Crippen MR) is 162 cm³/mol. The lowest BCUT2D eigenvalue weighted by atomic mass is 9.96. The summed E-state index contributed by atoms with van der Waals surface area (Å²) in [4.78, 5) is 112. The van der Waals surface area contributed by atoms with Crippen molar-refractivity contribution in [2.75, 3.05) is 13.2 Å². The summed E-state index contributed by atoms with van der Waals surface area (Å²) >= 11 is 0. The minimum atomic E-state index is -1.71. The van der Waals surface area contributed by atoms with Crippen molar-refractivity contribution in [2.45, 2.75) is 101 Å². The van der Waals surface area contributed by atoms with Crippen molar-refractivity contribution in [1.82, 2.24) is 26.2 Å². The molecule has 270 valence electrons. The first-order valence-corrected chi connectivity index (χ1v) is 15.3. The van der Waals surface area contributed by atoms with Gasteiger partial charge in [0.15, 0.2) is 0 Å². The number of carboxylic acids is 3. The number of aliphatic hydroxyl groups excluding tert-OH is 1. The lowest BCUT2D eigenvalue weighted by Crippen LogP contribution is -2.60. The molecule has 0 aromatic rings. The van der Waals surface area contributed by atoms with Crippen LogP contribution in [0.25, 0.3) is 0 Å². The standard InChI is InChI=1S/C28H45N7O13/c1-3-13(2)22(27(46)35-10-4-5-18(35)26(45)33-17(12-36)28(47)48)34-25(44)16(11-19(30)37)32-24(43)15(7-9-21(40)41)31-23(42)14(29)6-8-20(38)39/h13-18,22,36H,3-12,29H2,1-2H3,(H2,30,37)(H,31,42)(H,32,43)(H,33,45)(H,34,44)(H,38,39)(H,40,41)(H,47,48)/t13-,14-,15-,16-,17-,18-,22-/m0/s1. The molecule has 0 aromatic carbocycles. The van der Waals surface area contributed by atoms with Gasteiger partial charge in [-0.15, -0.1) is 0 Å². The highest BCUT2D eigenvalue weighted by Crippen LogP contribution is 2.22. The lowest BCUT2D eigenvalue weighted by molar-refractivity contribution is -0.146. The molecule has 0 aliphatic carbocycles. The molecule has 0 saturated carbocycles. The van der Waals surface area contributed by atoms with E-state index in [2.05, 4.69) is 21.3 Å². The maximum absolute atomic E-state index is 13.7. The Balaban J connectivity index is 3.22. The van der Waals surface area contributed by atoms with Gasteiger partial charge in [-0.25, -0.2) is 4.79 Å². The van der Waals surface area contributed by atoms with Crippen LogP contribution < -0.4 is 32.7 Å². The second-order valence-electron chi connectivity index (χ2n) is 11.4. The van der Waals surface area contributed by atoms with E-state index in [9.17, 15) is 48.3 Å². The Morgan fingerprint density at radius 3 is 1.90 bits per heavy atom. The van der Waals surface area contributed by atoms with Crippen LogP contribution in [-0.2, 0) is 43.2 Å². The molecule has 12 N–H and O–H groups in total. The maximum atomic E-state index is 13.7. The SMILES string of the molecule is CC[C@H](C)[C@H](NC(=O)[C@H](CC(N)=O)NC(=O)[C@H](CCC(=O)O)NC(=O)[C@@H](N)CCC(=O)O)C(=O)N1CCC[C@H]1C(=O)N[C@@H](CO)C(=O)O. The van der Waals surface area contributed by atoms with Gasteiger partial charge in [-0.1, -0.05) is 20.3 Å². The zero-order chi connectivity index (χ0) is 36.7. The number of carboxylic acid groups (broad SMARTS) is 3. The van der Waals surface area contributed by atoms with E-state index >= 15 is 0 Å². The van der Waals surface area contributed by atoms with Crippen LogP contribution in [0, 0.1) is 5.92 Å². The Kier molecular flexibility index (Phi) is 16.9. The number of likely N-dealkylation sites (tertiary alicyclic amines) is 1. The summed E-state index contributed by atoms with van der Waals surface area (Å²) in [6.07, 6.45) is -1.76. The lowest BCUT2D eigenvalue weighted by Gasteiger charge is -2.32. The van der Waals surface area contributed by atoms with Crippen LogP contribution >= 0.6 is 0 Å². The highest BCUT2D eigenvalue weighted by atomic mass is 16.4. The first-order chi connectivity index (χ1) is 22.4. The van der Waals surface area contributed by atoms with Gasteiger partial charge < -0.3 is 58.1 Å². The summed E-state index contributed by atoms with van der Waals surface area (Å²) in [5.41, 5.74) is 11.0. The zero-order valence-corrected chi connectivity index (χ0v) is 26.7. The van der Waals surface area contributed by atoms with Crippen molar-refractivity contribution in [1.29, 1.82) is 0 Å². The summed E-state index contributed by atoms with van der Waals surface area (Å²) in [5.74, 6) is -10.3. The number of carbonyl (C=O) groups excluding carboxylic acids is 6. The molecule has 48 heavy (non-hydrogen) atoms. The number of rotatable bonds is 21. The number of primary amides is 1. The molecule has 7 atom stereocenters. The number of carbonyl (C=O) groups is 9. The number of aliphatic hydroxyl groups is 1. The quantitative estimate of drug-likeness (QED) is 0.0549. The number of hydrogen-bond acceptors (Lipinski definition) is 11. The van der Waals surface area contributed by atoms with E-state index in [4.69, 9.17) is 26.8 Å². The first kappa shape index (κ1) is 41.2. The largest absolute Gasteiger partial charge is 0.481 e. The van der Waals surface area contributed by atoms with Crippen LogP contribution in [0.4, 0.5) is 0 Å². The molecule has 1 heterocycles. The molecule has 20 heteroatoms. The van der Waals surface area contributed by atoms with E-state index in [-0.39, 0.29) is 19.4 Å². The Morgan fingerprint density at radius 1 is 0.812 bits per heavy atom. The predicted octanol–water partition coefficient (Wildman–Crippen LogP) is -4.03. The number of nitrogens with two attached hydrogens (primary N) is 2. The fourth-order valence-corrected chi connectivity index (χ4v) is 4.78. The fraction of sp³-hybridized carbons (Fsp3) is 0.679. The van der Waals surface area contributed by atoms with Gasteiger partial charge in [0.05, 0.1) is 19.1 Å². The van der Waals surface area contributed by atoms with E-state index in [0.29, 0.717) is 12.8 Å². The van der Waals surface area contributed by atoms with E-state index in [1.165, 1.54) is 0 Å². The highest BCUT2D eigenvalue weighted by molar-refractivity contribution is 5.98. The third kappa shape index (κ3) is 13.1. The third-order valence-corrected chi connectivity index (χ3v) is 7.74. The van der Waals surface area contributed by atoms with E-state index in [1.54, 1.807) is 13.8 Å². The summed E-state index contributed by atoms with van der Waals surface area (Å²) in [6, 6.07) is -8.69. The van der Waals surface area contributed by atoms with Crippen molar-refractivity contribution < 1.29 is 63.6 Å². The van der Waals surface area contributed by atoms with Gasteiger partial charge in [-0.2, -0.15) is 0 Å². The van der Waals surface area contributed by atoms with Crippen molar-refractivity contribution in [3.8, 4) is 0 Å². The molecule has 20 nitrogen and oxygen atoms in total. The number of aliphatic carboxylic acids is 3. The van der Waals surface area contributed by atoms with E-state index in [1.807, 2.05) is 0 Å². The van der Waals surface area contributed by atoms with Gasteiger partial charge in [0.1, 0.15) is 30.2 Å². The molecule has 1 rings (SSSR count). The minimum absolute atomic E-state index is 0.0809. The summed E-state index contributed by atoms with van der Waals surface area (Å²) in [5, 5.41) is 45.5. The molecule has 0 unspecified atom stereocenters. The van der Waals surface area contributed by atoms with Crippen LogP contribution in [0.3, 0.4) is 0 Å². The topological polar surface area (TPSA) is 338 Å². The van der Waals surface area contributed by atoms with Crippen molar-refractivity contribution in [3.63, 3.8) is 0 Å². The number of nitrogens with one attached hydrogen (secondary N) is 4. The Labute approximate surface area is 275 Å². The first-order valence-electron chi connectivity index (χ1n) is 15.3. The average molecular weight is 688 g/mol. The monoisotopic (exact) mass is 687 g/mol. The van der Waals surface area contributed by atoms with Crippen LogP contribution in [-0.4, -0.2) is 128 Å². The third-order valence-electron chi connectivity index (χ3n) is 7.74. The molecule has 6 amide bonds. The van der Waals surface area contributed by atoms with E-state index in [0.717, 1.165) is 4.90 Å². The second-order valence-corrected chi connectivity index (χ2v) is 11.4. The number of nitrogens with zero attached hydrogens (tertiary/aromatic N) is 1. The molecule has 0 spiro atoms. The molecule has 1 fully saturated rings. The maximum Gasteiger partial charge on any atom is 0.328 e. The van der Waals surface area contributed by atoms with Crippen molar-refractivity contribution in [3.05, 3.63) is 0 Å². The van der Waals surface area contributed by atoms with Gasteiger partial charge in [-0.05, 0) is 31.6 Å². The van der Waals surface area contributed by atoms with Crippen LogP contribution in [0.15, 0.2) is 0 Å². The van der Waals surface area contributed by atoms with Gasteiger partial charge in [-0.3, -0.25) is 38.4 Å². The molecule has 1 aliphatic rings. The molecule has 1 saturated heterocycles. The van der Waals surface area contributed by atoms with Crippen molar-refractivity contribution in [2.24, 2.45) is 17.4 Å². The smallest absolute Gasteiger partial charge is 0.328 e. The minimum Gasteiger partial charge on any atom is -0.481 e. The molecule has 0 bridgehead atoms. The average Bonchev–Trinajstić information content (AvgIpc) is 3.51.